The van der Waals surface area contributed by atoms with E-state index < -0.39 is 0 Å². The van der Waals surface area contributed by atoms with Gasteiger partial charge in [-0.3, -0.25) is 0 Å². The molecule has 102 valence electrons. The van der Waals surface area contributed by atoms with E-state index >= 15 is 0 Å². The summed E-state index contributed by atoms with van der Waals surface area (Å²) in [5, 5.41) is 5.83. The molecule has 1 aromatic heterocycles. The molecule has 2 rings (SSSR count). The minimum Gasteiger partial charge on any atom is -0.306 e. The number of aromatic nitrogens is 1. The van der Waals surface area contributed by atoms with Crippen LogP contribution in [0.2, 0.25) is 0 Å². The lowest BCUT2D eigenvalue weighted by molar-refractivity contribution is 0.470. The Kier molecular flexibility index (Phi) is 5.10. The highest BCUT2D eigenvalue weighted by Crippen LogP contribution is 2.32. The number of thiazole rings is 1. The zero-order valence-electron chi connectivity index (χ0n) is 11.8. The van der Waals surface area contributed by atoms with Crippen LogP contribution in [0.3, 0.4) is 0 Å². The van der Waals surface area contributed by atoms with Gasteiger partial charge in [-0.15, -0.1) is 11.3 Å². The molecule has 0 amide bonds. The second-order valence-electron chi connectivity index (χ2n) is 5.10. The van der Waals surface area contributed by atoms with Crippen LogP contribution >= 0.6 is 23.1 Å². The van der Waals surface area contributed by atoms with Gasteiger partial charge in [0.15, 0.2) is 0 Å². The highest BCUT2D eigenvalue weighted by atomic mass is 32.2. The Morgan fingerprint density at radius 2 is 2.22 bits per heavy atom. The second kappa shape index (κ2) is 6.40. The van der Waals surface area contributed by atoms with Crippen LogP contribution in [0.4, 0.5) is 0 Å². The highest BCUT2D eigenvalue weighted by Gasteiger charge is 2.28. The van der Waals surface area contributed by atoms with Gasteiger partial charge < -0.3 is 5.32 Å². The molecule has 0 radical (unpaired) electrons. The van der Waals surface area contributed by atoms with Gasteiger partial charge >= 0.3 is 0 Å². The molecule has 18 heavy (non-hydrogen) atoms. The van der Waals surface area contributed by atoms with Gasteiger partial charge in [-0.25, -0.2) is 4.98 Å². The van der Waals surface area contributed by atoms with E-state index in [-0.39, 0.29) is 0 Å². The van der Waals surface area contributed by atoms with Crippen LogP contribution in [0, 0.1) is 13.8 Å². The first-order chi connectivity index (χ1) is 8.61. The van der Waals surface area contributed by atoms with Gasteiger partial charge in [0, 0.05) is 22.2 Å². The van der Waals surface area contributed by atoms with Crippen molar-refractivity contribution < 1.29 is 0 Å². The Labute approximate surface area is 119 Å². The Morgan fingerprint density at radius 3 is 2.83 bits per heavy atom. The Balaban J connectivity index is 1.98. The van der Waals surface area contributed by atoms with Gasteiger partial charge in [0.25, 0.3) is 0 Å². The highest BCUT2D eigenvalue weighted by molar-refractivity contribution is 7.99. The number of rotatable bonds is 5. The fourth-order valence-corrected chi connectivity index (χ4v) is 5.02. The molecule has 0 spiro atoms. The summed E-state index contributed by atoms with van der Waals surface area (Å²) >= 11 is 3.96. The van der Waals surface area contributed by atoms with Gasteiger partial charge in [0.1, 0.15) is 0 Å². The molecule has 1 heterocycles. The lowest BCUT2D eigenvalue weighted by atomic mass is 10.2. The van der Waals surface area contributed by atoms with E-state index in [9.17, 15) is 0 Å². The van der Waals surface area contributed by atoms with E-state index in [1.807, 2.05) is 11.3 Å². The topological polar surface area (TPSA) is 24.9 Å². The molecular formula is C14H24N2S2. The Hall–Kier alpha value is -0.0600. The molecule has 3 unspecified atom stereocenters. The smallest absolute Gasteiger partial charge is 0.0900 e. The predicted octanol–water partition coefficient (Wildman–Crippen LogP) is 4.08. The van der Waals surface area contributed by atoms with Crippen LogP contribution in [0.25, 0.3) is 0 Å². The number of aryl methyl sites for hydroxylation is 2. The van der Waals surface area contributed by atoms with Crippen molar-refractivity contribution in [3.05, 3.63) is 15.6 Å². The maximum Gasteiger partial charge on any atom is 0.0900 e. The quantitative estimate of drug-likeness (QED) is 0.881. The van der Waals surface area contributed by atoms with Crippen LogP contribution in [0.5, 0.6) is 0 Å². The molecule has 0 aromatic carbocycles. The molecule has 1 aliphatic rings. The van der Waals surface area contributed by atoms with Gasteiger partial charge in [-0.05, 0) is 39.4 Å². The minimum absolute atomic E-state index is 0.444. The minimum atomic E-state index is 0.444. The maximum atomic E-state index is 4.54. The van der Waals surface area contributed by atoms with Gasteiger partial charge in [0.05, 0.1) is 10.7 Å². The summed E-state index contributed by atoms with van der Waals surface area (Å²) in [6, 6.07) is 1.13. The summed E-state index contributed by atoms with van der Waals surface area (Å²) in [5.74, 6) is 1.23. The van der Waals surface area contributed by atoms with E-state index in [4.69, 9.17) is 0 Å². The second-order valence-corrected chi connectivity index (χ2v) is 7.85. The van der Waals surface area contributed by atoms with Crippen molar-refractivity contribution in [2.75, 3.05) is 5.75 Å². The van der Waals surface area contributed by atoms with E-state index in [1.165, 1.54) is 40.6 Å². The summed E-state index contributed by atoms with van der Waals surface area (Å²) in [5.41, 5.74) is 1.20. The molecule has 1 saturated carbocycles. The third kappa shape index (κ3) is 3.28. The molecule has 0 saturated heterocycles. The van der Waals surface area contributed by atoms with Crippen LogP contribution in [0.15, 0.2) is 0 Å². The predicted molar refractivity (Wildman–Crippen MR) is 82.7 cm³/mol. The molecule has 1 aromatic rings. The molecule has 4 heteroatoms. The van der Waals surface area contributed by atoms with Gasteiger partial charge in [0.2, 0.25) is 0 Å². The summed E-state index contributed by atoms with van der Waals surface area (Å²) in [6.45, 7) is 8.77. The van der Waals surface area contributed by atoms with Crippen molar-refractivity contribution in [3.8, 4) is 0 Å². The van der Waals surface area contributed by atoms with Crippen molar-refractivity contribution in [2.45, 2.75) is 64.3 Å². The molecule has 0 bridgehead atoms. The first kappa shape index (κ1) is 14.4. The summed E-state index contributed by atoms with van der Waals surface area (Å²) in [4.78, 5) is 5.95. The summed E-state index contributed by atoms with van der Waals surface area (Å²) < 4.78 is 0. The Morgan fingerprint density at radius 1 is 1.44 bits per heavy atom. The maximum absolute atomic E-state index is 4.54. The van der Waals surface area contributed by atoms with Crippen molar-refractivity contribution in [1.29, 1.82) is 0 Å². The van der Waals surface area contributed by atoms with E-state index in [0.717, 1.165) is 5.25 Å². The van der Waals surface area contributed by atoms with Crippen LogP contribution in [-0.4, -0.2) is 22.0 Å². The van der Waals surface area contributed by atoms with E-state index in [2.05, 4.69) is 49.8 Å². The van der Waals surface area contributed by atoms with Crippen molar-refractivity contribution in [3.63, 3.8) is 0 Å². The standard InChI is InChI=1S/C14H24N2S2/c1-5-17-13-8-6-7-12(13)16-10(3)14-9(2)15-11(4)18-14/h10,12-13,16H,5-8H2,1-4H3. The van der Waals surface area contributed by atoms with Crippen LogP contribution in [0.1, 0.15) is 54.7 Å². The molecule has 0 aliphatic heterocycles. The van der Waals surface area contributed by atoms with Crippen molar-refractivity contribution in [1.82, 2.24) is 10.3 Å². The number of hydrogen-bond donors (Lipinski definition) is 1. The molecule has 1 N–H and O–H groups in total. The van der Waals surface area contributed by atoms with E-state index in [1.54, 1.807) is 0 Å². The summed E-state index contributed by atoms with van der Waals surface area (Å²) in [7, 11) is 0. The lowest BCUT2D eigenvalue weighted by Gasteiger charge is -2.24. The first-order valence-electron chi connectivity index (χ1n) is 6.93. The third-order valence-corrected chi connectivity index (χ3v) is 6.21. The number of nitrogens with zero attached hydrogens (tertiary/aromatic N) is 1. The van der Waals surface area contributed by atoms with Crippen LogP contribution < -0.4 is 5.32 Å². The number of nitrogens with one attached hydrogen (secondary N) is 1. The van der Waals surface area contributed by atoms with Gasteiger partial charge in [-0.2, -0.15) is 11.8 Å². The molecular weight excluding hydrogens is 260 g/mol. The summed E-state index contributed by atoms with van der Waals surface area (Å²) in [6.07, 6.45) is 4.09. The van der Waals surface area contributed by atoms with Gasteiger partial charge in [-0.1, -0.05) is 13.3 Å². The van der Waals surface area contributed by atoms with Crippen molar-refractivity contribution in [2.24, 2.45) is 0 Å². The average Bonchev–Trinajstić information content (AvgIpc) is 2.87. The number of thioether (sulfide) groups is 1. The first-order valence-corrected chi connectivity index (χ1v) is 8.80. The monoisotopic (exact) mass is 284 g/mol. The Bertz CT molecular complexity index is 389. The lowest BCUT2D eigenvalue weighted by Crippen LogP contribution is -2.36. The van der Waals surface area contributed by atoms with Crippen LogP contribution in [-0.2, 0) is 0 Å². The number of hydrogen-bond acceptors (Lipinski definition) is 4. The van der Waals surface area contributed by atoms with E-state index in [0.29, 0.717) is 12.1 Å². The average molecular weight is 284 g/mol. The fourth-order valence-electron chi connectivity index (χ4n) is 2.88. The normalized spacial score (nSPS) is 25.6. The fraction of sp³-hybridized carbons (Fsp3) is 0.786. The zero-order valence-corrected chi connectivity index (χ0v) is 13.5. The third-order valence-electron chi connectivity index (χ3n) is 3.63. The van der Waals surface area contributed by atoms with Crippen molar-refractivity contribution >= 4 is 23.1 Å². The SMILES string of the molecule is CCSC1CCCC1NC(C)c1sc(C)nc1C. The largest absolute Gasteiger partial charge is 0.306 e. The molecule has 2 nitrogen and oxygen atoms in total. The molecule has 1 aliphatic carbocycles. The zero-order chi connectivity index (χ0) is 13.1. The molecule has 1 fully saturated rings. The molecule has 3 atom stereocenters.